The molecule has 0 aliphatic rings. The first-order valence-electron chi connectivity index (χ1n) is 5.19. The zero-order valence-electron chi connectivity index (χ0n) is 8.69. The van der Waals surface area contributed by atoms with Gasteiger partial charge < -0.3 is 4.42 Å². The van der Waals surface area contributed by atoms with Crippen molar-refractivity contribution in [1.82, 2.24) is 4.98 Å². The van der Waals surface area contributed by atoms with Crippen LogP contribution in [0.4, 0.5) is 0 Å². The number of pyridine rings is 1. The van der Waals surface area contributed by atoms with Crippen LogP contribution in [0.2, 0.25) is 0 Å². The first-order valence-corrected chi connectivity index (χ1v) is 5.19. The average Bonchev–Trinajstić information content (AvgIpc) is 2.26. The maximum absolute atomic E-state index is 11.6. The van der Waals surface area contributed by atoms with E-state index in [4.69, 9.17) is 4.42 Å². The predicted octanol–water partition coefficient (Wildman–Crippen LogP) is 2.53. The first kappa shape index (κ1) is 9.90. The Morgan fingerprint density at radius 3 is 3.13 bits per heavy atom. The van der Waals surface area contributed by atoms with Crippen molar-refractivity contribution in [2.75, 3.05) is 0 Å². The standard InChI is InChI=1S/C12H13NO2/c1-2-3-5-9-8-11-10(12(14)15-9)6-4-7-13-11/h4,6-8H,2-3,5H2,1H3. The van der Waals surface area contributed by atoms with Crippen LogP contribution in [0.1, 0.15) is 25.5 Å². The van der Waals surface area contributed by atoms with E-state index in [1.807, 2.05) is 6.07 Å². The molecule has 0 unspecified atom stereocenters. The third-order valence-corrected chi connectivity index (χ3v) is 2.36. The Kier molecular flexibility index (Phi) is 2.81. The van der Waals surface area contributed by atoms with Crippen LogP contribution in [0.5, 0.6) is 0 Å². The Hall–Kier alpha value is -1.64. The van der Waals surface area contributed by atoms with Gasteiger partial charge in [0.15, 0.2) is 0 Å². The molecule has 0 aliphatic carbocycles. The fourth-order valence-electron chi connectivity index (χ4n) is 1.54. The molecular weight excluding hydrogens is 190 g/mol. The van der Waals surface area contributed by atoms with E-state index in [0.29, 0.717) is 5.39 Å². The highest BCUT2D eigenvalue weighted by Crippen LogP contribution is 2.10. The van der Waals surface area contributed by atoms with E-state index in [-0.39, 0.29) is 5.63 Å². The fourth-order valence-corrected chi connectivity index (χ4v) is 1.54. The summed E-state index contributed by atoms with van der Waals surface area (Å²) in [7, 11) is 0. The quantitative estimate of drug-likeness (QED) is 0.769. The third-order valence-electron chi connectivity index (χ3n) is 2.36. The van der Waals surface area contributed by atoms with Crippen molar-refractivity contribution in [2.24, 2.45) is 0 Å². The second-order valence-electron chi connectivity index (χ2n) is 3.54. The number of aryl methyl sites for hydroxylation is 1. The molecule has 2 rings (SSSR count). The minimum Gasteiger partial charge on any atom is -0.427 e. The van der Waals surface area contributed by atoms with Crippen LogP contribution in [0.3, 0.4) is 0 Å². The second kappa shape index (κ2) is 4.26. The summed E-state index contributed by atoms with van der Waals surface area (Å²) in [5, 5.41) is 0.553. The van der Waals surface area contributed by atoms with Crippen LogP contribution in [0.15, 0.2) is 33.6 Å². The van der Waals surface area contributed by atoms with E-state index in [2.05, 4.69) is 11.9 Å². The normalized spacial score (nSPS) is 10.7. The van der Waals surface area contributed by atoms with Crippen LogP contribution in [0.25, 0.3) is 10.9 Å². The number of unbranched alkanes of at least 4 members (excludes halogenated alkanes) is 1. The SMILES string of the molecule is CCCCc1cc2ncccc2c(=O)o1. The fraction of sp³-hybridized carbons (Fsp3) is 0.333. The molecule has 0 atom stereocenters. The molecule has 3 heteroatoms. The van der Waals surface area contributed by atoms with E-state index < -0.39 is 0 Å². The van der Waals surface area contributed by atoms with Gasteiger partial charge in [-0.25, -0.2) is 4.79 Å². The molecule has 0 N–H and O–H groups in total. The molecule has 0 saturated carbocycles. The molecule has 2 aromatic heterocycles. The highest BCUT2D eigenvalue weighted by molar-refractivity contribution is 5.76. The molecule has 0 amide bonds. The molecule has 2 aromatic rings. The van der Waals surface area contributed by atoms with Gasteiger partial charge in [-0.15, -0.1) is 0 Å². The summed E-state index contributed by atoms with van der Waals surface area (Å²) in [5.74, 6) is 0.730. The average molecular weight is 203 g/mol. The Bertz CT molecular complexity index is 516. The lowest BCUT2D eigenvalue weighted by molar-refractivity contribution is 0.460. The van der Waals surface area contributed by atoms with Crippen molar-refractivity contribution in [3.63, 3.8) is 0 Å². The summed E-state index contributed by atoms with van der Waals surface area (Å²) in [4.78, 5) is 15.7. The molecule has 0 bridgehead atoms. The Morgan fingerprint density at radius 2 is 2.33 bits per heavy atom. The summed E-state index contributed by atoms with van der Waals surface area (Å²) >= 11 is 0. The van der Waals surface area contributed by atoms with Crippen molar-refractivity contribution >= 4 is 10.9 Å². The molecule has 0 saturated heterocycles. The van der Waals surface area contributed by atoms with Gasteiger partial charge in [0.25, 0.3) is 0 Å². The zero-order chi connectivity index (χ0) is 10.7. The van der Waals surface area contributed by atoms with Gasteiger partial charge >= 0.3 is 5.63 Å². The third kappa shape index (κ3) is 2.06. The Labute approximate surface area is 87.8 Å². The smallest absolute Gasteiger partial charge is 0.345 e. The van der Waals surface area contributed by atoms with E-state index in [0.717, 1.165) is 30.5 Å². The number of hydrogen-bond acceptors (Lipinski definition) is 3. The number of rotatable bonds is 3. The second-order valence-corrected chi connectivity index (χ2v) is 3.54. The van der Waals surface area contributed by atoms with Crippen molar-refractivity contribution in [1.29, 1.82) is 0 Å². The van der Waals surface area contributed by atoms with Crippen LogP contribution in [-0.4, -0.2) is 4.98 Å². The molecule has 0 spiro atoms. The highest BCUT2D eigenvalue weighted by atomic mass is 16.4. The van der Waals surface area contributed by atoms with Crippen molar-refractivity contribution in [3.05, 3.63) is 40.6 Å². The molecule has 15 heavy (non-hydrogen) atoms. The van der Waals surface area contributed by atoms with E-state index in [9.17, 15) is 4.79 Å². The van der Waals surface area contributed by atoms with E-state index in [1.165, 1.54) is 0 Å². The minimum absolute atomic E-state index is 0.285. The summed E-state index contributed by atoms with van der Waals surface area (Å²) in [6, 6.07) is 5.33. The predicted molar refractivity (Wildman–Crippen MR) is 58.9 cm³/mol. The van der Waals surface area contributed by atoms with Crippen molar-refractivity contribution in [3.8, 4) is 0 Å². The minimum atomic E-state index is -0.285. The van der Waals surface area contributed by atoms with Gasteiger partial charge in [-0.1, -0.05) is 13.3 Å². The van der Waals surface area contributed by atoms with Crippen LogP contribution in [-0.2, 0) is 6.42 Å². The molecule has 0 aromatic carbocycles. The van der Waals surface area contributed by atoms with Gasteiger partial charge in [0.05, 0.1) is 10.9 Å². The Balaban J connectivity index is 2.48. The molecule has 0 radical (unpaired) electrons. The van der Waals surface area contributed by atoms with E-state index >= 15 is 0 Å². The van der Waals surface area contributed by atoms with Gasteiger partial charge in [-0.2, -0.15) is 0 Å². The molecular formula is C12H13NO2. The molecule has 3 nitrogen and oxygen atoms in total. The topological polar surface area (TPSA) is 43.1 Å². The molecule has 78 valence electrons. The lowest BCUT2D eigenvalue weighted by Crippen LogP contribution is -2.02. The molecule has 0 fully saturated rings. The van der Waals surface area contributed by atoms with Crippen molar-refractivity contribution in [2.45, 2.75) is 26.2 Å². The summed E-state index contributed by atoms with van der Waals surface area (Å²) < 4.78 is 5.20. The summed E-state index contributed by atoms with van der Waals surface area (Å²) in [6.45, 7) is 2.11. The lowest BCUT2D eigenvalue weighted by atomic mass is 10.2. The lowest BCUT2D eigenvalue weighted by Gasteiger charge is -2.00. The van der Waals surface area contributed by atoms with Gasteiger partial charge in [0.1, 0.15) is 5.76 Å². The van der Waals surface area contributed by atoms with E-state index in [1.54, 1.807) is 18.3 Å². The maximum Gasteiger partial charge on any atom is 0.345 e. The van der Waals surface area contributed by atoms with Gasteiger partial charge in [0, 0.05) is 18.7 Å². The Morgan fingerprint density at radius 1 is 1.47 bits per heavy atom. The van der Waals surface area contributed by atoms with Gasteiger partial charge in [-0.05, 0) is 18.6 Å². The molecule has 2 heterocycles. The van der Waals surface area contributed by atoms with Crippen LogP contribution >= 0.6 is 0 Å². The van der Waals surface area contributed by atoms with Crippen molar-refractivity contribution < 1.29 is 4.42 Å². The van der Waals surface area contributed by atoms with Crippen LogP contribution in [0, 0.1) is 0 Å². The maximum atomic E-state index is 11.6. The summed E-state index contributed by atoms with van der Waals surface area (Å²) in [6.07, 6.45) is 4.61. The van der Waals surface area contributed by atoms with Gasteiger partial charge in [-0.3, -0.25) is 4.98 Å². The largest absolute Gasteiger partial charge is 0.427 e. The monoisotopic (exact) mass is 203 g/mol. The number of nitrogens with zero attached hydrogens (tertiary/aromatic N) is 1. The highest BCUT2D eigenvalue weighted by Gasteiger charge is 2.03. The first-order chi connectivity index (χ1) is 7.31. The summed E-state index contributed by atoms with van der Waals surface area (Å²) in [5.41, 5.74) is 0.437. The van der Waals surface area contributed by atoms with Gasteiger partial charge in [0.2, 0.25) is 0 Å². The zero-order valence-corrected chi connectivity index (χ0v) is 8.69. The van der Waals surface area contributed by atoms with Crippen LogP contribution < -0.4 is 5.63 Å². The molecule has 0 aliphatic heterocycles. The number of aromatic nitrogens is 1. The number of fused-ring (bicyclic) bond motifs is 1. The number of hydrogen-bond donors (Lipinski definition) is 0.